The molecule has 208 valence electrons. The molecular weight excluding hydrogens is 507 g/mol. The molecule has 8 fully saturated rings. The highest BCUT2D eigenvalue weighted by Crippen LogP contribution is 2.70. The summed E-state index contributed by atoms with van der Waals surface area (Å²) in [5.41, 5.74) is 0.210. The summed E-state index contributed by atoms with van der Waals surface area (Å²) in [4.78, 5) is 25.5. The molecule has 8 aliphatic carbocycles. The maximum Gasteiger partial charge on any atom is 0.233 e. The van der Waals surface area contributed by atoms with Crippen LogP contribution in [0.25, 0.3) is 11.3 Å². The van der Waals surface area contributed by atoms with Gasteiger partial charge in [0, 0.05) is 35.0 Å². The first-order valence-electron chi connectivity index (χ1n) is 15.3. The fourth-order valence-electron chi connectivity index (χ4n) is 8.34. The van der Waals surface area contributed by atoms with Crippen molar-refractivity contribution in [2.75, 3.05) is 11.4 Å². The zero-order valence-electron chi connectivity index (χ0n) is 22.8. The van der Waals surface area contributed by atoms with Crippen molar-refractivity contribution in [1.82, 2.24) is 15.1 Å². The van der Waals surface area contributed by atoms with Crippen LogP contribution >= 0.6 is 0 Å². The minimum Gasteiger partial charge on any atom is -0.440 e. The molecule has 40 heavy (non-hydrogen) atoms. The smallest absolute Gasteiger partial charge is 0.233 e. The highest BCUT2D eigenvalue weighted by Gasteiger charge is 2.73. The lowest BCUT2D eigenvalue weighted by atomic mass is 9.41. The number of aromatic nitrogens is 3. The Morgan fingerprint density at radius 2 is 1.73 bits per heavy atom. The number of amides is 1. The van der Waals surface area contributed by atoms with Crippen LogP contribution in [0.5, 0.6) is 0 Å². The van der Waals surface area contributed by atoms with Gasteiger partial charge in [0.2, 0.25) is 11.8 Å². The zero-order chi connectivity index (χ0) is 26.7. The van der Waals surface area contributed by atoms with Crippen molar-refractivity contribution in [3.05, 3.63) is 48.1 Å². The normalized spacial score (nSPS) is 35.7. The second-order valence-corrected chi connectivity index (χ2v) is 14.3. The van der Waals surface area contributed by atoms with Gasteiger partial charge in [0.15, 0.2) is 17.5 Å². The van der Waals surface area contributed by atoms with Crippen LogP contribution in [-0.2, 0) is 10.2 Å². The molecule has 0 saturated heterocycles. The fraction of sp³-hybridized carbons (Fsp3) is 0.625. The first kappa shape index (κ1) is 23.7. The average Bonchev–Trinajstić information content (AvgIpc) is 3.89. The standard InChI is InChI=1S/C32H35FN4O3/c33-32-16-31(17-32,18-32)28(38)37(23-3-1-2-22(14-23)24-15-34-26(39-24)21-6-7-21)19-29-8-11-30(12-9-29,13-10-29)27-35-25(36-40-27)20-4-5-20/h1-3,14-15,20-21H,4-13,16-19H2. The third-order valence-electron chi connectivity index (χ3n) is 11.3. The van der Waals surface area contributed by atoms with Gasteiger partial charge in [-0.2, -0.15) is 4.98 Å². The Morgan fingerprint density at radius 1 is 1.00 bits per heavy atom. The predicted octanol–water partition coefficient (Wildman–Crippen LogP) is 7.00. The van der Waals surface area contributed by atoms with Gasteiger partial charge in [0.1, 0.15) is 5.67 Å². The van der Waals surface area contributed by atoms with Crippen molar-refractivity contribution < 1.29 is 18.1 Å². The summed E-state index contributed by atoms with van der Waals surface area (Å²) in [6, 6.07) is 8.12. The van der Waals surface area contributed by atoms with Crippen molar-refractivity contribution in [2.45, 2.75) is 106 Å². The van der Waals surface area contributed by atoms with Crippen molar-refractivity contribution in [2.24, 2.45) is 10.8 Å². The molecule has 0 spiro atoms. The largest absolute Gasteiger partial charge is 0.440 e. The van der Waals surface area contributed by atoms with Gasteiger partial charge in [0.25, 0.3) is 0 Å². The highest BCUT2D eigenvalue weighted by molar-refractivity contribution is 6.00. The summed E-state index contributed by atoms with van der Waals surface area (Å²) in [7, 11) is 0. The Balaban J connectivity index is 0.997. The molecule has 0 radical (unpaired) electrons. The predicted molar refractivity (Wildman–Crippen MR) is 144 cm³/mol. The Morgan fingerprint density at radius 3 is 2.40 bits per heavy atom. The van der Waals surface area contributed by atoms with Gasteiger partial charge in [-0.25, -0.2) is 9.37 Å². The SMILES string of the molecule is O=C(N(CC12CCC(c3nc(C4CC4)no3)(CC1)CC2)c1cccc(-c2cnc(C3CC3)o2)c1)C12CC(F)(C1)C2. The maximum absolute atomic E-state index is 14.6. The van der Waals surface area contributed by atoms with Crippen LogP contribution in [0.3, 0.4) is 0 Å². The van der Waals surface area contributed by atoms with Gasteiger partial charge in [-0.3, -0.25) is 4.79 Å². The molecule has 3 aromatic rings. The second kappa shape index (κ2) is 7.83. The summed E-state index contributed by atoms with van der Waals surface area (Å²) in [6.45, 7) is 0.674. The monoisotopic (exact) mass is 542 g/mol. The quantitative estimate of drug-likeness (QED) is 0.305. The third-order valence-corrected chi connectivity index (χ3v) is 11.3. The topological polar surface area (TPSA) is 85.3 Å². The van der Waals surface area contributed by atoms with E-state index in [2.05, 4.69) is 16.2 Å². The molecule has 4 bridgehead atoms. The summed E-state index contributed by atoms with van der Waals surface area (Å²) in [6.07, 6.45) is 13.7. The first-order chi connectivity index (χ1) is 19.4. The number of hydrogen-bond acceptors (Lipinski definition) is 6. The second-order valence-electron chi connectivity index (χ2n) is 14.3. The number of fused-ring (bicyclic) bond motifs is 3. The number of halogens is 1. The summed E-state index contributed by atoms with van der Waals surface area (Å²) < 4.78 is 26.5. The molecule has 1 amide bonds. The van der Waals surface area contributed by atoms with E-state index >= 15 is 0 Å². The van der Waals surface area contributed by atoms with Crippen LogP contribution in [0.15, 0.2) is 39.4 Å². The minimum atomic E-state index is -1.11. The molecule has 1 aromatic carbocycles. The maximum atomic E-state index is 14.6. The van der Waals surface area contributed by atoms with Crippen LogP contribution in [0.1, 0.15) is 113 Å². The van der Waals surface area contributed by atoms with Gasteiger partial charge in [-0.05, 0) is 101 Å². The van der Waals surface area contributed by atoms with Crippen LogP contribution in [-0.4, -0.2) is 33.2 Å². The first-order valence-corrected chi connectivity index (χ1v) is 15.3. The van der Waals surface area contributed by atoms with Crippen LogP contribution in [0.2, 0.25) is 0 Å². The van der Waals surface area contributed by atoms with E-state index in [9.17, 15) is 9.18 Å². The molecule has 8 heteroatoms. The molecule has 0 N–H and O–H groups in total. The molecule has 0 atom stereocenters. The number of benzene rings is 1. The number of alkyl halides is 1. The summed E-state index contributed by atoms with van der Waals surface area (Å²) >= 11 is 0. The van der Waals surface area contributed by atoms with E-state index in [0.717, 1.165) is 86.0 Å². The third kappa shape index (κ3) is 3.53. The molecule has 2 aromatic heterocycles. The van der Waals surface area contributed by atoms with Crippen LogP contribution < -0.4 is 4.90 Å². The molecule has 2 heterocycles. The molecule has 0 unspecified atom stereocenters. The van der Waals surface area contributed by atoms with Crippen LogP contribution in [0, 0.1) is 10.8 Å². The molecule has 7 nitrogen and oxygen atoms in total. The van der Waals surface area contributed by atoms with E-state index in [4.69, 9.17) is 13.9 Å². The highest BCUT2D eigenvalue weighted by atomic mass is 19.1. The number of anilines is 1. The lowest BCUT2D eigenvalue weighted by Crippen LogP contribution is -2.71. The van der Waals surface area contributed by atoms with E-state index in [-0.39, 0.29) is 16.7 Å². The van der Waals surface area contributed by atoms with Crippen molar-refractivity contribution in [3.63, 3.8) is 0 Å². The zero-order valence-corrected chi connectivity index (χ0v) is 22.8. The van der Waals surface area contributed by atoms with E-state index in [1.54, 1.807) is 6.20 Å². The van der Waals surface area contributed by atoms with Gasteiger partial charge in [-0.15, -0.1) is 0 Å². The van der Waals surface area contributed by atoms with E-state index in [1.165, 1.54) is 12.8 Å². The number of nitrogens with zero attached hydrogens (tertiary/aromatic N) is 4. The van der Waals surface area contributed by atoms with E-state index in [0.29, 0.717) is 37.6 Å². The molecular formula is C32H35FN4O3. The fourth-order valence-corrected chi connectivity index (χ4v) is 8.34. The Bertz CT molecular complexity index is 1470. The Kier molecular flexibility index (Phi) is 4.63. The lowest BCUT2D eigenvalue weighted by Gasteiger charge is -2.65. The number of carbonyl (C=O) groups is 1. The molecule has 8 aliphatic rings. The van der Waals surface area contributed by atoms with Crippen molar-refractivity contribution in [1.29, 1.82) is 0 Å². The molecule has 0 aliphatic heterocycles. The number of rotatable bonds is 8. The number of carbonyl (C=O) groups excluding carboxylic acids is 1. The number of oxazole rings is 1. The van der Waals surface area contributed by atoms with Crippen molar-refractivity contribution >= 4 is 11.6 Å². The number of hydrogen-bond donors (Lipinski definition) is 0. The van der Waals surface area contributed by atoms with E-state index in [1.807, 2.05) is 23.1 Å². The Hall–Kier alpha value is -3.03. The van der Waals surface area contributed by atoms with Gasteiger partial charge in [-0.1, -0.05) is 17.3 Å². The van der Waals surface area contributed by atoms with Crippen LogP contribution in [0.4, 0.5) is 10.1 Å². The average molecular weight is 543 g/mol. The molecule has 11 rings (SSSR count). The summed E-state index contributed by atoms with van der Waals surface area (Å²) in [5, 5.41) is 4.31. The summed E-state index contributed by atoms with van der Waals surface area (Å²) in [5.74, 6) is 4.33. The lowest BCUT2D eigenvalue weighted by molar-refractivity contribution is -0.211. The minimum absolute atomic E-state index is 0.0172. The Labute approximate surface area is 232 Å². The van der Waals surface area contributed by atoms with E-state index < -0.39 is 11.1 Å². The van der Waals surface area contributed by atoms with Gasteiger partial charge < -0.3 is 13.8 Å². The van der Waals surface area contributed by atoms with Gasteiger partial charge >= 0.3 is 0 Å². The molecule has 8 saturated carbocycles. The van der Waals surface area contributed by atoms with Crippen molar-refractivity contribution in [3.8, 4) is 11.3 Å². The van der Waals surface area contributed by atoms with Gasteiger partial charge in [0.05, 0.1) is 11.6 Å².